The number of carbonyl (C=O) groups excluding carboxylic acids is 1. The summed E-state index contributed by atoms with van der Waals surface area (Å²) in [6.45, 7) is 1.94. The molecular formula is C9H16N2O2S. The second kappa shape index (κ2) is 4.40. The van der Waals surface area contributed by atoms with E-state index in [1.165, 1.54) is 18.6 Å². The maximum Gasteiger partial charge on any atom is 0.410 e. The van der Waals surface area contributed by atoms with Crippen molar-refractivity contribution in [3.05, 3.63) is 0 Å². The molecule has 2 rings (SSSR count). The van der Waals surface area contributed by atoms with Crippen molar-refractivity contribution in [2.45, 2.75) is 24.2 Å². The topological polar surface area (TPSA) is 55.6 Å². The number of cyclic esters (lactones) is 1. The van der Waals surface area contributed by atoms with Crippen LogP contribution in [-0.2, 0) is 4.74 Å². The molecule has 4 nitrogen and oxygen atoms in total. The fourth-order valence-corrected chi connectivity index (χ4v) is 3.17. The van der Waals surface area contributed by atoms with E-state index in [0.29, 0.717) is 18.3 Å². The van der Waals surface area contributed by atoms with Crippen molar-refractivity contribution < 1.29 is 9.53 Å². The first-order valence-electron chi connectivity index (χ1n) is 5.07. The maximum absolute atomic E-state index is 11.4. The highest BCUT2D eigenvalue weighted by molar-refractivity contribution is 8.00. The average molecular weight is 216 g/mol. The molecule has 0 bridgehead atoms. The lowest BCUT2D eigenvalue weighted by molar-refractivity contribution is 0.135. The van der Waals surface area contributed by atoms with E-state index < -0.39 is 0 Å². The Labute approximate surface area is 88.1 Å². The largest absolute Gasteiger partial charge is 0.443 e. The predicted octanol–water partition coefficient (Wildman–Crippen LogP) is 0.662. The molecule has 0 saturated carbocycles. The lowest BCUT2D eigenvalue weighted by Crippen LogP contribution is -2.32. The number of ether oxygens (including phenoxy) is 1. The zero-order valence-corrected chi connectivity index (χ0v) is 8.96. The molecule has 2 saturated heterocycles. The van der Waals surface area contributed by atoms with Gasteiger partial charge in [-0.1, -0.05) is 0 Å². The molecule has 2 atom stereocenters. The smallest absolute Gasteiger partial charge is 0.410 e. The molecule has 2 aliphatic heterocycles. The Bertz CT molecular complexity index is 219. The molecule has 1 unspecified atom stereocenters. The van der Waals surface area contributed by atoms with Crippen molar-refractivity contribution in [1.29, 1.82) is 0 Å². The van der Waals surface area contributed by atoms with Crippen LogP contribution in [0.5, 0.6) is 0 Å². The van der Waals surface area contributed by atoms with E-state index in [2.05, 4.69) is 0 Å². The first-order chi connectivity index (χ1) is 6.79. The minimum Gasteiger partial charge on any atom is -0.443 e. The highest BCUT2D eigenvalue weighted by Gasteiger charge is 2.32. The van der Waals surface area contributed by atoms with Crippen LogP contribution in [0.15, 0.2) is 0 Å². The van der Waals surface area contributed by atoms with Gasteiger partial charge in [0.1, 0.15) is 6.10 Å². The van der Waals surface area contributed by atoms with Gasteiger partial charge in [-0.25, -0.2) is 4.79 Å². The zero-order chi connectivity index (χ0) is 9.97. The fraction of sp³-hybridized carbons (Fsp3) is 0.889. The Balaban J connectivity index is 1.82. The summed E-state index contributed by atoms with van der Waals surface area (Å²) < 4.78 is 5.09. The number of hydrogen-bond donors (Lipinski definition) is 1. The molecule has 80 valence electrons. The summed E-state index contributed by atoms with van der Waals surface area (Å²) in [6.07, 6.45) is 2.22. The fourth-order valence-electron chi connectivity index (χ4n) is 1.88. The number of thioether (sulfide) groups is 1. The van der Waals surface area contributed by atoms with E-state index >= 15 is 0 Å². The van der Waals surface area contributed by atoms with Crippen LogP contribution in [-0.4, -0.2) is 47.7 Å². The van der Waals surface area contributed by atoms with E-state index in [4.69, 9.17) is 10.5 Å². The van der Waals surface area contributed by atoms with Gasteiger partial charge >= 0.3 is 6.09 Å². The Kier molecular flexibility index (Phi) is 3.18. The van der Waals surface area contributed by atoms with E-state index in [-0.39, 0.29) is 12.2 Å². The summed E-state index contributed by atoms with van der Waals surface area (Å²) in [6, 6.07) is 0. The molecule has 0 aromatic carbocycles. The van der Waals surface area contributed by atoms with E-state index in [1.807, 2.05) is 11.8 Å². The van der Waals surface area contributed by atoms with Crippen molar-refractivity contribution in [1.82, 2.24) is 4.90 Å². The van der Waals surface area contributed by atoms with Gasteiger partial charge in [-0.2, -0.15) is 11.8 Å². The Morgan fingerprint density at radius 2 is 2.50 bits per heavy atom. The summed E-state index contributed by atoms with van der Waals surface area (Å²) in [4.78, 5) is 13.2. The molecule has 2 fully saturated rings. The van der Waals surface area contributed by atoms with Crippen molar-refractivity contribution in [3.63, 3.8) is 0 Å². The molecule has 2 heterocycles. The Morgan fingerprint density at radius 3 is 3.07 bits per heavy atom. The molecule has 5 heteroatoms. The van der Waals surface area contributed by atoms with Gasteiger partial charge < -0.3 is 15.4 Å². The molecule has 2 N–H and O–H groups in total. The third-order valence-corrected chi connectivity index (χ3v) is 4.04. The standard InChI is InChI=1S/C9H16N2O2S/c10-4-7-5-11(9(12)13-7)6-8-2-1-3-14-8/h7-8H,1-6,10H2/t7-,8?/m0/s1. The van der Waals surface area contributed by atoms with Crippen LogP contribution in [0, 0.1) is 0 Å². The highest BCUT2D eigenvalue weighted by atomic mass is 32.2. The van der Waals surface area contributed by atoms with E-state index in [9.17, 15) is 4.79 Å². The molecule has 0 spiro atoms. The van der Waals surface area contributed by atoms with Crippen molar-refractivity contribution in [3.8, 4) is 0 Å². The number of hydrogen-bond acceptors (Lipinski definition) is 4. The quantitative estimate of drug-likeness (QED) is 0.753. The first-order valence-corrected chi connectivity index (χ1v) is 6.11. The van der Waals surface area contributed by atoms with Gasteiger partial charge in [0.15, 0.2) is 0 Å². The third-order valence-electron chi connectivity index (χ3n) is 2.66. The first kappa shape index (κ1) is 10.1. The number of amides is 1. The zero-order valence-electron chi connectivity index (χ0n) is 8.15. The van der Waals surface area contributed by atoms with Gasteiger partial charge in [-0.3, -0.25) is 0 Å². The van der Waals surface area contributed by atoms with Gasteiger partial charge in [0.2, 0.25) is 0 Å². The molecule has 0 radical (unpaired) electrons. The van der Waals surface area contributed by atoms with Crippen LogP contribution in [0.4, 0.5) is 4.79 Å². The lowest BCUT2D eigenvalue weighted by Gasteiger charge is -2.16. The molecule has 0 aromatic rings. The second-order valence-corrected chi connectivity index (χ2v) is 5.19. The summed E-state index contributed by atoms with van der Waals surface area (Å²) in [7, 11) is 0. The van der Waals surface area contributed by atoms with Gasteiger partial charge in [-0.05, 0) is 18.6 Å². The molecule has 2 aliphatic rings. The van der Waals surface area contributed by atoms with Crippen molar-refractivity contribution >= 4 is 17.9 Å². The summed E-state index contributed by atoms with van der Waals surface area (Å²) in [5.41, 5.74) is 5.46. The highest BCUT2D eigenvalue weighted by Crippen LogP contribution is 2.27. The monoisotopic (exact) mass is 216 g/mol. The number of nitrogens with zero attached hydrogens (tertiary/aromatic N) is 1. The van der Waals surface area contributed by atoms with E-state index in [0.717, 1.165) is 6.54 Å². The summed E-state index contributed by atoms with van der Waals surface area (Å²) >= 11 is 1.96. The van der Waals surface area contributed by atoms with Crippen molar-refractivity contribution in [2.75, 3.05) is 25.4 Å². The molecular weight excluding hydrogens is 200 g/mol. The minimum atomic E-state index is -0.187. The normalized spacial score (nSPS) is 32.4. The maximum atomic E-state index is 11.4. The van der Waals surface area contributed by atoms with Crippen LogP contribution in [0.25, 0.3) is 0 Å². The lowest BCUT2D eigenvalue weighted by atomic mass is 10.2. The molecule has 0 aromatic heterocycles. The van der Waals surface area contributed by atoms with Crippen LogP contribution in [0.3, 0.4) is 0 Å². The Hall–Kier alpha value is -0.420. The number of carbonyl (C=O) groups is 1. The third kappa shape index (κ3) is 2.15. The Morgan fingerprint density at radius 1 is 1.64 bits per heavy atom. The summed E-state index contributed by atoms with van der Waals surface area (Å²) in [5.74, 6) is 1.23. The van der Waals surface area contributed by atoms with Crippen LogP contribution >= 0.6 is 11.8 Å². The van der Waals surface area contributed by atoms with Crippen LogP contribution in [0.2, 0.25) is 0 Å². The van der Waals surface area contributed by atoms with E-state index in [1.54, 1.807) is 4.90 Å². The average Bonchev–Trinajstić information content (AvgIpc) is 2.78. The SMILES string of the molecule is NC[C@H]1CN(CC2CCCS2)C(=O)O1. The van der Waals surface area contributed by atoms with Crippen LogP contribution in [0.1, 0.15) is 12.8 Å². The van der Waals surface area contributed by atoms with Gasteiger partial charge in [-0.15, -0.1) is 0 Å². The summed E-state index contributed by atoms with van der Waals surface area (Å²) in [5, 5.41) is 0.610. The van der Waals surface area contributed by atoms with Gasteiger partial charge in [0.05, 0.1) is 6.54 Å². The minimum absolute atomic E-state index is 0.0890. The number of rotatable bonds is 3. The number of nitrogens with two attached hydrogens (primary N) is 1. The molecule has 14 heavy (non-hydrogen) atoms. The molecule has 0 aliphatic carbocycles. The van der Waals surface area contributed by atoms with Gasteiger partial charge in [0.25, 0.3) is 0 Å². The van der Waals surface area contributed by atoms with Gasteiger partial charge in [0, 0.05) is 18.3 Å². The van der Waals surface area contributed by atoms with Crippen LogP contribution < -0.4 is 5.73 Å². The second-order valence-electron chi connectivity index (χ2n) is 3.78. The predicted molar refractivity (Wildman–Crippen MR) is 56.4 cm³/mol. The molecule has 1 amide bonds. The van der Waals surface area contributed by atoms with Crippen molar-refractivity contribution in [2.24, 2.45) is 5.73 Å².